The van der Waals surface area contributed by atoms with E-state index in [4.69, 9.17) is 15.2 Å². The third-order valence-corrected chi connectivity index (χ3v) is 8.12. The number of ether oxygens (including phenoxy) is 2. The van der Waals surface area contributed by atoms with Crippen molar-refractivity contribution in [3.63, 3.8) is 0 Å². The van der Waals surface area contributed by atoms with E-state index in [2.05, 4.69) is 4.90 Å². The Balaban J connectivity index is 1.51. The summed E-state index contributed by atoms with van der Waals surface area (Å²) in [6, 6.07) is 19.9. The predicted octanol–water partition coefficient (Wildman–Crippen LogP) is 7.44. The number of amides is 1. The highest BCUT2D eigenvalue weighted by atomic mass is 19.4. The van der Waals surface area contributed by atoms with Gasteiger partial charge in [-0.3, -0.25) is 4.79 Å². The maximum atomic E-state index is 14.4. The summed E-state index contributed by atoms with van der Waals surface area (Å²) in [6.45, 7) is 3.57. The lowest BCUT2D eigenvalue weighted by Crippen LogP contribution is -2.36. The number of nitrogens with two attached hydrogens (primary N) is 1. The van der Waals surface area contributed by atoms with Gasteiger partial charge in [-0.25, -0.2) is 4.39 Å². The van der Waals surface area contributed by atoms with Crippen LogP contribution in [-0.4, -0.2) is 50.3 Å². The molecule has 0 heterocycles. The Labute approximate surface area is 256 Å². The van der Waals surface area contributed by atoms with Gasteiger partial charge in [0.1, 0.15) is 5.83 Å². The Kier molecular flexibility index (Phi) is 11.4. The standard InChI is InChI=1S/C35H40F4N2O3/c1-24-16-32(43-2)33(19-28(24)20-34(40)42)44-15-9-14-41(22-25-17-29(35(37,38)39)21-30(36)18-25)23-31(26-10-5-3-6-11-26)27-12-7-4-8-13-27/h3-8,10-13,16,18-19,21,24-25,28,31H,9,14-15,17,20,22-23H2,1-2H3,(H2,40,42). The average molecular weight is 613 g/mol. The van der Waals surface area contributed by atoms with Crippen LogP contribution in [0.5, 0.6) is 0 Å². The molecule has 2 aromatic carbocycles. The molecule has 0 aromatic heterocycles. The van der Waals surface area contributed by atoms with Crippen molar-refractivity contribution < 1.29 is 31.8 Å². The number of allylic oxidation sites excluding steroid dienone is 5. The van der Waals surface area contributed by atoms with Crippen molar-refractivity contribution in [2.75, 3.05) is 33.4 Å². The fourth-order valence-electron chi connectivity index (χ4n) is 5.88. The maximum Gasteiger partial charge on any atom is 0.412 e. The van der Waals surface area contributed by atoms with E-state index in [0.29, 0.717) is 43.7 Å². The molecule has 4 rings (SSSR count). The summed E-state index contributed by atoms with van der Waals surface area (Å²) >= 11 is 0. The van der Waals surface area contributed by atoms with Gasteiger partial charge in [-0.15, -0.1) is 0 Å². The lowest BCUT2D eigenvalue weighted by Gasteiger charge is -2.32. The monoisotopic (exact) mass is 612 g/mol. The van der Waals surface area contributed by atoms with Gasteiger partial charge in [-0.2, -0.15) is 13.2 Å². The van der Waals surface area contributed by atoms with Crippen LogP contribution in [0.2, 0.25) is 0 Å². The summed E-state index contributed by atoms with van der Waals surface area (Å²) in [7, 11) is 1.56. The quantitative estimate of drug-likeness (QED) is 0.178. The molecular weight excluding hydrogens is 572 g/mol. The summed E-state index contributed by atoms with van der Waals surface area (Å²) < 4.78 is 66.6. The van der Waals surface area contributed by atoms with Gasteiger partial charge in [0.15, 0.2) is 11.5 Å². The average Bonchev–Trinajstić information content (AvgIpc) is 2.99. The first-order valence-electron chi connectivity index (χ1n) is 14.9. The number of alkyl halides is 3. The van der Waals surface area contributed by atoms with E-state index >= 15 is 0 Å². The normalized spacial score (nSPS) is 20.5. The fourth-order valence-corrected chi connectivity index (χ4v) is 5.88. The third-order valence-electron chi connectivity index (χ3n) is 8.12. The largest absolute Gasteiger partial charge is 0.493 e. The molecule has 2 aliphatic carbocycles. The second kappa shape index (κ2) is 15.2. The Hall–Kier alpha value is -3.85. The van der Waals surface area contributed by atoms with E-state index in [1.807, 2.05) is 79.7 Å². The third kappa shape index (κ3) is 9.32. The van der Waals surface area contributed by atoms with Crippen LogP contribution < -0.4 is 5.73 Å². The zero-order valence-corrected chi connectivity index (χ0v) is 25.1. The number of rotatable bonds is 14. The number of hydrogen-bond donors (Lipinski definition) is 1. The van der Waals surface area contributed by atoms with E-state index in [0.717, 1.165) is 11.1 Å². The smallest absolute Gasteiger partial charge is 0.412 e. The molecule has 9 heteroatoms. The Bertz CT molecular complexity index is 1330. The molecule has 0 radical (unpaired) electrons. The minimum atomic E-state index is -4.58. The molecule has 0 saturated heterocycles. The van der Waals surface area contributed by atoms with Gasteiger partial charge in [0.2, 0.25) is 5.91 Å². The molecule has 3 atom stereocenters. The van der Waals surface area contributed by atoms with Gasteiger partial charge in [-0.1, -0.05) is 67.6 Å². The lowest BCUT2D eigenvalue weighted by atomic mass is 9.86. The van der Waals surface area contributed by atoms with Crippen LogP contribution in [0.15, 0.2) is 108 Å². The number of primary amides is 1. The van der Waals surface area contributed by atoms with Crippen molar-refractivity contribution in [1.29, 1.82) is 0 Å². The molecule has 0 bridgehead atoms. The van der Waals surface area contributed by atoms with Crippen LogP contribution in [0, 0.1) is 17.8 Å². The van der Waals surface area contributed by atoms with E-state index in [9.17, 15) is 22.4 Å². The van der Waals surface area contributed by atoms with Gasteiger partial charge in [0.05, 0.1) is 13.7 Å². The first-order chi connectivity index (χ1) is 21.0. The number of hydrogen-bond acceptors (Lipinski definition) is 4. The van der Waals surface area contributed by atoms with Crippen LogP contribution in [0.1, 0.15) is 43.2 Å². The molecule has 0 fully saturated rings. The molecule has 2 N–H and O–H groups in total. The molecule has 0 saturated carbocycles. The van der Waals surface area contributed by atoms with Crippen molar-refractivity contribution in [3.8, 4) is 0 Å². The summed E-state index contributed by atoms with van der Waals surface area (Å²) in [6.07, 6.45) is 1.56. The van der Waals surface area contributed by atoms with Crippen LogP contribution in [-0.2, 0) is 14.3 Å². The molecule has 3 unspecified atom stereocenters. The lowest BCUT2D eigenvalue weighted by molar-refractivity contribution is -0.118. The second-order valence-electron chi connectivity index (χ2n) is 11.5. The van der Waals surface area contributed by atoms with Crippen molar-refractivity contribution in [2.45, 2.75) is 38.3 Å². The Morgan fingerprint density at radius 3 is 2.20 bits per heavy atom. The topological polar surface area (TPSA) is 64.8 Å². The SMILES string of the molecule is COC1=CC(C)C(CC(N)=O)C=C1OCCCN(CC1C=C(F)C=C(C(F)(F)F)C1)CC(c1ccccc1)c1ccccc1. The fraction of sp³-hybridized carbons (Fsp3) is 0.400. The highest BCUT2D eigenvalue weighted by molar-refractivity contribution is 5.74. The molecule has 236 valence electrons. The number of carbonyl (C=O) groups is 1. The summed E-state index contributed by atoms with van der Waals surface area (Å²) in [5.74, 6) is -0.886. The maximum absolute atomic E-state index is 14.4. The molecule has 44 heavy (non-hydrogen) atoms. The molecule has 0 aliphatic heterocycles. The van der Waals surface area contributed by atoms with Crippen molar-refractivity contribution in [3.05, 3.63) is 119 Å². The summed E-state index contributed by atoms with van der Waals surface area (Å²) in [5, 5.41) is 0. The zero-order valence-electron chi connectivity index (χ0n) is 25.1. The van der Waals surface area contributed by atoms with Crippen LogP contribution in [0.3, 0.4) is 0 Å². The minimum Gasteiger partial charge on any atom is -0.493 e. The molecule has 2 aromatic rings. The van der Waals surface area contributed by atoms with Gasteiger partial charge in [0.25, 0.3) is 0 Å². The van der Waals surface area contributed by atoms with E-state index < -0.39 is 29.4 Å². The van der Waals surface area contributed by atoms with E-state index in [-0.39, 0.29) is 37.1 Å². The van der Waals surface area contributed by atoms with E-state index in [1.165, 1.54) is 6.08 Å². The number of carbonyl (C=O) groups excluding carboxylic acids is 1. The highest BCUT2D eigenvalue weighted by Crippen LogP contribution is 2.36. The van der Waals surface area contributed by atoms with Crippen LogP contribution in [0.25, 0.3) is 0 Å². The van der Waals surface area contributed by atoms with Gasteiger partial charge in [-0.05, 0) is 66.0 Å². The van der Waals surface area contributed by atoms with Crippen molar-refractivity contribution >= 4 is 5.91 Å². The van der Waals surface area contributed by atoms with Gasteiger partial charge in [0, 0.05) is 37.5 Å². The van der Waals surface area contributed by atoms with Gasteiger partial charge >= 0.3 is 6.18 Å². The van der Waals surface area contributed by atoms with E-state index in [1.54, 1.807) is 7.11 Å². The molecule has 5 nitrogen and oxygen atoms in total. The second-order valence-corrected chi connectivity index (χ2v) is 11.5. The molecule has 1 amide bonds. The number of halogens is 4. The van der Waals surface area contributed by atoms with Crippen LogP contribution in [0.4, 0.5) is 17.6 Å². The first kappa shape index (κ1) is 33.1. The van der Waals surface area contributed by atoms with Gasteiger partial charge < -0.3 is 20.1 Å². The van der Waals surface area contributed by atoms with Crippen molar-refractivity contribution in [2.24, 2.45) is 23.5 Å². The summed E-state index contributed by atoms with van der Waals surface area (Å²) in [4.78, 5) is 13.7. The Morgan fingerprint density at radius 1 is 1.00 bits per heavy atom. The number of benzene rings is 2. The molecular formula is C35H40F4N2O3. The summed E-state index contributed by atoms with van der Waals surface area (Å²) in [5.41, 5.74) is 6.75. The predicted molar refractivity (Wildman–Crippen MR) is 163 cm³/mol. The number of nitrogens with zero attached hydrogens (tertiary/aromatic N) is 1. The van der Waals surface area contributed by atoms with Crippen LogP contribution >= 0.6 is 0 Å². The zero-order chi connectivity index (χ0) is 31.7. The number of methoxy groups -OCH3 is 1. The molecule has 0 spiro atoms. The first-order valence-corrected chi connectivity index (χ1v) is 14.9. The highest BCUT2D eigenvalue weighted by Gasteiger charge is 2.37. The molecule has 2 aliphatic rings. The van der Waals surface area contributed by atoms with Crippen molar-refractivity contribution in [1.82, 2.24) is 4.90 Å². The minimum absolute atomic E-state index is 0.0477. The Morgan fingerprint density at radius 2 is 1.64 bits per heavy atom.